The Hall–Kier alpha value is -2.87. The highest BCUT2D eigenvalue weighted by molar-refractivity contribution is 5.96. The summed E-state index contributed by atoms with van der Waals surface area (Å²) in [7, 11) is 4.05. The molecule has 0 bridgehead atoms. The molecule has 1 aliphatic heterocycles. The second kappa shape index (κ2) is 8.34. The zero-order valence-corrected chi connectivity index (χ0v) is 17.6. The highest BCUT2D eigenvalue weighted by atomic mass is 19.4. The molecule has 4 rings (SSSR count). The van der Waals surface area contributed by atoms with E-state index in [4.69, 9.17) is 4.98 Å². The van der Waals surface area contributed by atoms with Gasteiger partial charge in [0, 0.05) is 31.1 Å². The number of amides is 1. The summed E-state index contributed by atoms with van der Waals surface area (Å²) in [6.45, 7) is 2.01. The lowest BCUT2D eigenvalue weighted by Crippen LogP contribution is -2.25. The number of carbonyl (C=O) groups is 1. The van der Waals surface area contributed by atoms with E-state index >= 15 is 0 Å². The predicted molar refractivity (Wildman–Crippen MR) is 114 cm³/mol. The smallest absolute Gasteiger partial charge is 0.328 e. The number of anilines is 1. The Kier molecular flexibility index (Phi) is 5.75. The van der Waals surface area contributed by atoms with Gasteiger partial charge in [0.25, 0.3) is 0 Å². The number of para-hydroxylation sites is 2. The van der Waals surface area contributed by atoms with E-state index in [9.17, 15) is 18.0 Å². The monoisotopic (exact) mass is 430 g/mol. The number of hydrogen-bond donors (Lipinski definition) is 0. The van der Waals surface area contributed by atoms with Crippen LogP contribution in [0.25, 0.3) is 11.0 Å². The Balaban J connectivity index is 1.63. The number of halogens is 3. The summed E-state index contributed by atoms with van der Waals surface area (Å²) in [4.78, 5) is 21.1. The van der Waals surface area contributed by atoms with E-state index in [0.29, 0.717) is 6.54 Å². The fraction of sp³-hybridized carbons (Fsp3) is 0.391. The van der Waals surface area contributed by atoms with Crippen molar-refractivity contribution >= 4 is 22.6 Å². The molecule has 2 heterocycles. The molecule has 2 aromatic carbocycles. The van der Waals surface area contributed by atoms with Crippen molar-refractivity contribution in [1.82, 2.24) is 14.5 Å². The standard InChI is InChI=1S/C23H25F3N4O/c1-28(2)11-6-12-29-20-10-4-3-9-19(20)27-22(29)16-13-21(31)30(15-16)18-8-5-7-17(14-18)23(24,25)26/h3-5,7-10,14,16H,6,11-13,15H2,1-2H3. The molecule has 1 aliphatic rings. The molecule has 0 aliphatic carbocycles. The van der Waals surface area contributed by atoms with Crippen LogP contribution < -0.4 is 4.90 Å². The van der Waals surface area contributed by atoms with Gasteiger partial charge in [0.1, 0.15) is 5.82 Å². The molecule has 1 aromatic heterocycles. The molecule has 3 aromatic rings. The van der Waals surface area contributed by atoms with Crippen LogP contribution in [0.2, 0.25) is 0 Å². The highest BCUT2D eigenvalue weighted by Gasteiger charge is 2.36. The van der Waals surface area contributed by atoms with Crippen molar-refractivity contribution in [3.63, 3.8) is 0 Å². The van der Waals surface area contributed by atoms with Gasteiger partial charge in [-0.2, -0.15) is 13.2 Å². The molecule has 1 saturated heterocycles. The Bertz CT molecular complexity index is 1090. The van der Waals surface area contributed by atoms with Gasteiger partial charge >= 0.3 is 6.18 Å². The molecule has 0 radical (unpaired) electrons. The summed E-state index contributed by atoms with van der Waals surface area (Å²) >= 11 is 0. The number of hydrogen-bond acceptors (Lipinski definition) is 3. The van der Waals surface area contributed by atoms with Gasteiger partial charge < -0.3 is 14.4 Å². The lowest BCUT2D eigenvalue weighted by atomic mass is 10.1. The van der Waals surface area contributed by atoms with Crippen LogP contribution in [0, 0.1) is 0 Å². The zero-order valence-electron chi connectivity index (χ0n) is 17.6. The minimum Gasteiger partial charge on any atom is -0.328 e. The normalized spacial score (nSPS) is 17.3. The third-order valence-electron chi connectivity index (χ3n) is 5.65. The molecular weight excluding hydrogens is 405 g/mol. The Labute approximate surface area is 179 Å². The van der Waals surface area contributed by atoms with E-state index in [2.05, 4.69) is 9.47 Å². The summed E-state index contributed by atoms with van der Waals surface area (Å²) in [5.41, 5.74) is 1.41. The fourth-order valence-corrected chi connectivity index (χ4v) is 4.17. The average Bonchev–Trinajstić information content (AvgIpc) is 3.28. The van der Waals surface area contributed by atoms with Crippen LogP contribution in [0.4, 0.5) is 18.9 Å². The number of imidazole rings is 1. The zero-order chi connectivity index (χ0) is 22.2. The maximum absolute atomic E-state index is 13.1. The van der Waals surface area contributed by atoms with Crippen molar-refractivity contribution in [2.75, 3.05) is 32.1 Å². The first-order valence-corrected chi connectivity index (χ1v) is 10.3. The minimum atomic E-state index is -4.45. The molecule has 0 spiro atoms. The first-order valence-electron chi connectivity index (χ1n) is 10.3. The summed E-state index contributed by atoms with van der Waals surface area (Å²) in [5, 5.41) is 0. The second-order valence-corrected chi connectivity index (χ2v) is 8.22. The quantitative estimate of drug-likeness (QED) is 0.577. The van der Waals surface area contributed by atoms with Crippen molar-refractivity contribution in [3.8, 4) is 0 Å². The van der Waals surface area contributed by atoms with E-state index in [0.717, 1.165) is 48.5 Å². The Morgan fingerprint density at radius 2 is 1.90 bits per heavy atom. The largest absolute Gasteiger partial charge is 0.416 e. The van der Waals surface area contributed by atoms with E-state index in [-0.39, 0.29) is 23.9 Å². The fourth-order valence-electron chi connectivity index (χ4n) is 4.17. The van der Waals surface area contributed by atoms with Crippen molar-refractivity contribution in [1.29, 1.82) is 0 Å². The van der Waals surface area contributed by atoms with Gasteiger partial charge in [-0.25, -0.2) is 4.98 Å². The molecule has 31 heavy (non-hydrogen) atoms. The van der Waals surface area contributed by atoms with Crippen LogP contribution in [0.3, 0.4) is 0 Å². The van der Waals surface area contributed by atoms with Gasteiger partial charge in [0.05, 0.1) is 16.6 Å². The molecule has 1 fully saturated rings. The molecule has 5 nitrogen and oxygen atoms in total. The van der Waals surface area contributed by atoms with E-state index in [1.54, 1.807) is 6.07 Å². The number of aromatic nitrogens is 2. The first kappa shape index (κ1) is 21.4. The third-order valence-corrected chi connectivity index (χ3v) is 5.65. The summed E-state index contributed by atoms with van der Waals surface area (Å²) in [5.74, 6) is 0.466. The van der Waals surface area contributed by atoms with Crippen molar-refractivity contribution < 1.29 is 18.0 Å². The molecule has 1 unspecified atom stereocenters. The number of aryl methyl sites for hydroxylation is 1. The van der Waals surface area contributed by atoms with Crippen molar-refractivity contribution in [2.24, 2.45) is 0 Å². The van der Waals surface area contributed by atoms with Crippen LogP contribution in [-0.4, -0.2) is 47.5 Å². The summed E-state index contributed by atoms with van der Waals surface area (Å²) in [6, 6.07) is 12.8. The van der Waals surface area contributed by atoms with Crippen molar-refractivity contribution in [2.45, 2.75) is 31.5 Å². The van der Waals surface area contributed by atoms with Gasteiger partial charge in [-0.05, 0) is 57.4 Å². The molecule has 0 N–H and O–H groups in total. The first-order chi connectivity index (χ1) is 14.7. The number of carbonyl (C=O) groups excluding carboxylic acids is 1. The minimum absolute atomic E-state index is 0.172. The molecule has 8 heteroatoms. The number of nitrogens with zero attached hydrogens (tertiary/aromatic N) is 4. The summed E-state index contributed by atoms with van der Waals surface area (Å²) in [6.07, 6.45) is -3.29. The van der Waals surface area contributed by atoms with Gasteiger partial charge in [0.15, 0.2) is 0 Å². The van der Waals surface area contributed by atoms with Gasteiger partial charge in [-0.1, -0.05) is 18.2 Å². The molecule has 1 amide bonds. The van der Waals surface area contributed by atoms with E-state index in [1.165, 1.54) is 11.0 Å². The average molecular weight is 430 g/mol. The van der Waals surface area contributed by atoms with E-state index < -0.39 is 11.7 Å². The summed E-state index contributed by atoms with van der Waals surface area (Å²) < 4.78 is 41.5. The molecular formula is C23H25F3N4O. The topological polar surface area (TPSA) is 41.4 Å². The predicted octanol–water partition coefficient (Wildman–Crippen LogP) is 4.53. The lowest BCUT2D eigenvalue weighted by molar-refractivity contribution is -0.137. The third kappa shape index (κ3) is 4.44. The van der Waals surface area contributed by atoms with Crippen molar-refractivity contribution in [3.05, 3.63) is 59.9 Å². The van der Waals surface area contributed by atoms with Crippen LogP contribution >= 0.6 is 0 Å². The second-order valence-electron chi connectivity index (χ2n) is 8.22. The molecule has 164 valence electrons. The highest BCUT2D eigenvalue weighted by Crippen LogP contribution is 2.36. The van der Waals surface area contributed by atoms with Gasteiger partial charge in [0.2, 0.25) is 5.91 Å². The Morgan fingerprint density at radius 1 is 1.13 bits per heavy atom. The lowest BCUT2D eigenvalue weighted by Gasteiger charge is -2.19. The number of fused-ring (bicyclic) bond motifs is 1. The molecule has 1 atom stereocenters. The van der Waals surface area contributed by atoms with Gasteiger partial charge in [-0.15, -0.1) is 0 Å². The van der Waals surface area contributed by atoms with Crippen LogP contribution in [0.5, 0.6) is 0 Å². The maximum Gasteiger partial charge on any atom is 0.416 e. The SMILES string of the molecule is CN(C)CCCn1c(C2CC(=O)N(c3cccc(C(F)(F)F)c3)C2)nc2ccccc21. The van der Waals surface area contributed by atoms with E-state index in [1.807, 2.05) is 38.4 Å². The maximum atomic E-state index is 13.1. The van der Waals surface area contributed by atoms with Gasteiger partial charge in [-0.3, -0.25) is 4.79 Å². The van der Waals surface area contributed by atoms with Crippen LogP contribution in [0.15, 0.2) is 48.5 Å². The Morgan fingerprint density at radius 3 is 2.65 bits per heavy atom. The molecule has 0 saturated carbocycles. The number of rotatable bonds is 6. The van der Waals surface area contributed by atoms with Crippen LogP contribution in [-0.2, 0) is 17.5 Å². The number of alkyl halides is 3. The number of benzene rings is 2. The van der Waals surface area contributed by atoms with Crippen LogP contribution in [0.1, 0.15) is 30.1 Å².